The van der Waals surface area contributed by atoms with Crippen LogP contribution >= 0.6 is 11.6 Å². The van der Waals surface area contributed by atoms with Gasteiger partial charge in [-0.05, 0) is 5.56 Å². The van der Waals surface area contributed by atoms with Crippen LogP contribution in [0.2, 0.25) is 5.02 Å². The molecule has 16 heavy (non-hydrogen) atoms. The number of aliphatic hydroxyl groups is 1. The van der Waals surface area contributed by atoms with Crippen LogP contribution in [0.5, 0.6) is 5.88 Å². The Balaban J connectivity index is 2.88. The summed E-state index contributed by atoms with van der Waals surface area (Å²) in [6, 6.07) is 1.26. The highest BCUT2D eigenvalue weighted by molar-refractivity contribution is 6.31. The molecule has 1 N–H and O–H groups in total. The largest absolute Gasteiger partial charge is 0.481 e. The van der Waals surface area contributed by atoms with E-state index in [0.29, 0.717) is 0 Å². The van der Waals surface area contributed by atoms with Crippen molar-refractivity contribution in [2.45, 2.75) is 18.7 Å². The number of ether oxygens (including phenoxy) is 1. The Morgan fingerprint density at radius 3 is 2.69 bits per heavy atom. The first kappa shape index (κ1) is 13.1. The SMILES string of the molecule is COc1cc(CC(O)C(F)(F)F)c(Cl)cn1. The molecule has 0 spiro atoms. The number of halogens is 4. The summed E-state index contributed by atoms with van der Waals surface area (Å²) < 4.78 is 41.1. The molecule has 0 aliphatic heterocycles. The van der Waals surface area contributed by atoms with Crippen molar-refractivity contribution in [1.82, 2.24) is 4.98 Å². The molecule has 1 rings (SSSR count). The van der Waals surface area contributed by atoms with Crippen molar-refractivity contribution in [2.24, 2.45) is 0 Å². The van der Waals surface area contributed by atoms with Gasteiger partial charge in [0.25, 0.3) is 0 Å². The van der Waals surface area contributed by atoms with E-state index in [1.54, 1.807) is 0 Å². The average Bonchev–Trinajstić information content (AvgIpc) is 2.19. The fourth-order valence-corrected chi connectivity index (χ4v) is 1.23. The Kier molecular flexibility index (Phi) is 3.98. The van der Waals surface area contributed by atoms with Gasteiger partial charge in [-0.15, -0.1) is 0 Å². The lowest BCUT2D eigenvalue weighted by atomic mass is 10.1. The van der Waals surface area contributed by atoms with Crippen LogP contribution in [0.4, 0.5) is 13.2 Å². The van der Waals surface area contributed by atoms with E-state index in [2.05, 4.69) is 4.98 Å². The highest BCUT2D eigenvalue weighted by Crippen LogP contribution is 2.27. The Morgan fingerprint density at radius 2 is 2.19 bits per heavy atom. The summed E-state index contributed by atoms with van der Waals surface area (Å²) in [7, 11) is 1.33. The Labute approximate surface area is 94.8 Å². The topological polar surface area (TPSA) is 42.4 Å². The summed E-state index contributed by atoms with van der Waals surface area (Å²) in [5.41, 5.74) is 0.137. The zero-order valence-electron chi connectivity index (χ0n) is 8.25. The molecular weight excluding hydrogens is 247 g/mol. The second kappa shape index (κ2) is 4.88. The molecule has 1 aromatic rings. The molecule has 0 aromatic carbocycles. The number of aromatic nitrogens is 1. The average molecular weight is 256 g/mol. The van der Waals surface area contributed by atoms with Crippen molar-refractivity contribution in [3.8, 4) is 5.88 Å². The summed E-state index contributed by atoms with van der Waals surface area (Å²) in [6.45, 7) is 0. The number of hydrogen-bond donors (Lipinski definition) is 1. The molecule has 0 aliphatic rings. The molecule has 1 unspecified atom stereocenters. The van der Waals surface area contributed by atoms with Gasteiger partial charge in [0.1, 0.15) is 0 Å². The quantitative estimate of drug-likeness (QED) is 0.900. The maximum atomic E-state index is 12.1. The first-order valence-corrected chi connectivity index (χ1v) is 4.65. The van der Waals surface area contributed by atoms with Crippen LogP contribution in [0.25, 0.3) is 0 Å². The van der Waals surface area contributed by atoms with Gasteiger partial charge in [0.05, 0.1) is 12.1 Å². The second-order valence-electron chi connectivity index (χ2n) is 3.08. The van der Waals surface area contributed by atoms with E-state index in [1.165, 1.54) is 19.4 Å². The van der Waals surface area contributed by atoms with E-state index in [0.717, 1.165) is 0 Å². The molecule has 3 nitrogen and oxygen atoms in total. The standard InChI is InChI=1S/C9H9ClF3NO2/c1-16-8-3-5(6(10)4-14-8)2-7(15)9(11,12)13/h3-4,7,15H,2H2,1H3. The second-order valence-corrected chi connectivity index (χ2v) is 3.49. The predicted octanol–water partition coefficient (Wildman–Crippen LogP) is 2.21. The summed E-state index contributed by atoms with van der Waals surface area (Å²) in [4.78, 5) is 3.71. The number of nitrogens with zero attached hydrogens (tertiary/aromatic N) is 1. The molecule has 0 bridgehead atoms. The van der Waals surface area contributed by atoms with Gasteiger partial charge in [-0.1, -0.05) is 11.6 Å². The molecule has 0 radical (unpaired) electrons. The van der Waals surface area contributed by atoms with Crippen LogP contribution in [0.1, 0.15) is 5.56 Å². The molecular formula is C9H9ClF3NO2. The van der Waals surface area contributed by atoms with Crippen LogP contribution in [-0.4, -0.2) is 29.5 Å². The normalized spacial score (nSPS) is 13.6. The van der Waals surface area contributed by atoms with Crippen molar-refractivity contribution in [3.63, 3.8) is 0 Å². The van der Waals surface area contributed by atoms with Gasteiger partial charge in [0.2, 0.25) is 5.88 Å². The minimum Gasteiger partial charge on any atom is -0.481 e. The summed E-state index contributed by atoms with van der Waals surface area (Å²) in [6.07, 6.45) is -6.56. The van der Waals surface area contributed by atoms with Crippen LogP contribution in [0.3, 0.4) is 0 Å². The maximum Gasteiger partial charge on any atom is 0.414 e. The van der Waals surface area contributed by atoms with Gasteiger partial charge < -0.3 is 9.84 Å². The lowest BCUT2D eigenvalue weighted by Crippen LogP contribution is -2.30. The van der Waals surface area contributed by atoms with E-state index >= 15 is 0 Å². The highest BCUT2D eigenvalue weighted by Gasteiger charge is 2.38. The van der Waals surface area contributed by atoms with Crippen molar-refractivity contribution in [1.29, 1.82) is 0 Å². The van der Waals surface area contributed by atoms with E-state index in [-0.39, 0.29) is 16.5 Å². The van der Waals surface area contributed by atoms with Gasteiger partial charge >= 0.3 is 6.18 Å². The molecule has 0 aliphatic carbocycles. The Hall–Kier alpha value is -1.01. The molecule has 0 fully saturated rings. The van der Waals surface area contributed by atoms with Crippen molar-refractivity contribution in [2.75, 3.05) is 7.11 Å². The highest BCUT2D eigenvalue weighted by atomic mass is 35.5. The lowest BCUT2D eigenvalue weighted by molar-refractivity contribution is -0.203. The van der Waals surface area contributed by atoms with Gasteiger partial charge in [-0.3, -0.25) is 0 Å². The number of hydrogen-bond acceptors (Lipinski definition) is 3. The number of aliphatic hydroxyl groups excluding tert-OH is 1. The zero-order valence-corrected chi connectivity index (χ0v) is 9.01. The van der Waals surface area contributed by atoms with E-state index in [1.807, 2.05) is 0 Å². The van der Waals surface area contributed by atoms with Crippen molar-refractivity contribution < 1.29 is 23.0 Å². The Bertz CT molecular complexity index is 370. The monoisotopic (exact) mass is 255 g/mol. The lowest BCUT2D eigenvalue weighted by Gasteiger charge is -2.15. The van der Waals surface area contributed by atoms with Crippen molar-refractivity contribution >= 4 is 11.6 Å². The van der Waals surface area contributed by atoms with Crippen molar-refractivity contribution in [3.05, 3.63) is 22.8 Å². The fourth-order valence-electron chi connectivity index (χ4n) is 1.05. The molecule has 0 saturated heterocycles. The van der Waals surface area contributed by atoms with Crippen LogP contribution < -0.4 is 4.74 Å². The Morgan fingerprint density at radius 1 is 1.56 bits per heavy atom. The van der Waals surface area contributed by atoms with Crippen LogP contribution in [0.15, 0.2) is 12.3 Å². The van der Waals surface area contributed by atoms with Crippen LogP contribution in [-0.2, 0) is 6.42 Å². The minimum atomic E-state index is -4.67. The van der Waals surface area contributed by atoms with E-state index in [9.17, 15) is 13.2 Å². The summed E-state index contributed by atoms with van der Waals surface area (Å²) in [5.74, 6) is 0.147. The first-order valence-electron chi connectivity index (χ1n) is 4.27. The van der Waals surface area contributed by atoms with Gasteiger partial charge in [-0.2, -0.15) is 13.2 Å². The third-order valence-corrected chi connectivity index (χ3v) is 2.25. The maximum absolute atomic E-state index is 12.1. The van der Waals surface area contributed by atoms with E-state index in [4.69, 9.17) is 21.4 Å². The molecule has 0 saturated carbocycles. The van der Waals surface area contributed by atoms with Gasteiger partial charge in [0.15, 0.2) is 6.10 Å². The first-order chi connectivity index (χ1) is 7.34. The molecule has 0 amide bonds. The number of alkyl halides is 3. The zero-order chi connectivity index (χ0) is 12.3. The molecule has 1 atom stereocenters. The van der Waals surface area contributed by atoms with Gasteiger partial charge in [0, 0.05) is 18.7 Å². The third-order valence-electron chi connectivity index (χ3n) is 1.91. The molecule has 7 heteroatoms. The predicted molar refractivity (Wildman–Crippen MR) is 51.6 cm³/mol. The van der Waals surface area contributed by atoms with Crippen LogP contribution in [0, 0.1) is 0 Å². The fraction of sp³-hybridized carbons (Fsp3) is 0.444. The number of methoxy groups -OCH3 is 1. The molecule has 90 valence electrons. The molecule has 1 aromatic heterocycles. The smallest absolute Gasteiger partial charge is 0.414 e. The van der Waals surface area contributed by atoms with E-state index < -0.39 is 18.7 Å². The summed E-state index contributed by atoms with van der Waals surface area (Å²) >= 11 is 5.65. The van der Waals surface area contributed by atoms with Gasteiger partial charge in [-0.25, -0.2) is 4.98 Å². The third kappa shape index (κ3) is 3.24. The number of pyridine rings is 1. The minimum absolute atomic E-state index is 0.0594. The number of rotatable bonds is 3. The molecule has 1 heterocycles. The summed E-state index contributed by atoms with van der Waals surface area (Å²) in [5, 5.41) is 8.94.